The number of alkyl halides is 2. The number of ether oxygens (including phenoxy) is 3. The Hall–Kier alpha value is -2.08. The van der Waals surface area contributed by atoms with Gasteiger partial charge < -0.3 is 19.3 Å². The molecule has 0 amide bonds. The van der Waals surface area contributed by atoms with Crippen molar-refractivity contribution in [3.63, 3.8) is 0 Å². The third-order valence-corrected chi connectivity index (χ3v) is 7.13. The highest BCUT2D eigenvalue weighted by Crippen LogP contribution is 2.47. The second-order valence-corrected chi connectivity index (χ2v) is 10.8. The number of hydrogen-bond acceptors (Lipinski definition) is 7. The molecule has 3 rings (SSSR count). The minimum Gasteiger partial charge on any atom is -0.462 e. The third kappa shape index (κ3) is 5.94. The van der Waals surface area contributed by atoms with Gasteiger partial charge in [0, 0.05) is 11.8 Å². The van der Waals surface area contributed by atoms with Crippen molar-refractivity contribution in [1.82, 2.24) is 0 Å². The van der Waals surface area contributed by atoms with Crippen LogP contribution in [0.15, 0.2) is 47.8 Å². The zero-order chi connectivity index (χ0) is 25.3. The fourth-order valence-electron chi connectivity index (χ4n) is 4.19. The van der Waals surface area contributed by atoms with Crippen molar-refractivity contribution in [1.29, 1.82) is 0 Å². The van der Waals surface area contributed by atoms with Gasteiger partial charge in [-0.25, -0.2) is 0 Å². The Bertz CT molecular complexity index is 1020. The van der Waals surface area contributed by atoms with Crippen LogP contribution in [-0.4, -0.2) is 48.5 Å². The first-order valence-electron chi connectivity index (χ1n) is 11.0. The smallest absolute Gasteiger partial charge is 0.418 e. The molecule has 0 saturated carbocycles. The number of aliphatic hydroxyl groups excluding tert-OH is 1. The summed E-state index contributed by atoms with van der Waals surface area (Å²) in [6, 6.07) is 0. The Balaban J connectivity index is 1.60. The predicted octanol–water partition coefficient (Wildman–Crippen LogP) is 3.72. The maximum atomic E-state index is 13.6. The third-order valence-electron chi connectivity index (χ3n) is 6.24. The second-order valence-electron chi connectivity index (χ2n) is 9.28. The zero-order valence-corrected chi connectivity index (χ0v) is 20.0. The molecule has 0 bridgehead atoms. The van der Waals surface area contributed by atoms with Gasteiger partial charge in [0.15, 0.2) is 0 Å². The highest BCUT2D eigenvalue weighted by molar-refractivity contribution is 7.86. The number of rotatable bonds is 8. The molecule has 3 aliphatic rings. The average Bonchev–Trinajstić information content (AvgIpc) is 3.49. The van der Waals surface area contributed by atoms with Gasteiger partial charge in [-0.3, -0.25) is 9.35 Å². The lowest BCUT2D eigenvalue weighted by molar-refractivity contribution is -0.205. The van der Waals surface area contributed by atoms with Crippen molar-refractivity contribution in [2.45, 2.75) is 57.7 Å². The van der Waals surface area contributed by atoms with Gasteiger partial charge in [-0.1, -0.05) is 44.2 Å². The summed E-state index contributed by atoms with van der Waals surface area (Å²) < 4.78 is 73.5. The molecule has 0 saturated heterocycles. The van der Waals surface area contributed by atoms with E-state index in [1.165, 1.54) is 12.2 Å². The molecule has 190 valence electrons. The van der Waals surface area contributed by atoms with Gasteiger partial charge in [-0.2, -0.15) is 17.2 Å². The summed E-state index contributed by atoms with van der Waals surface area (Å²) in [5.41, 5.74) is -0.607. The molecule has 0 spiro atoms. The van der Waals surface area contributed by atoms with Gasteiger partial charge in [0.05, 0.1) is 11.2 Å². The molecule has 0 aromatic carbocycles. The van der Waals surface area contributed by atoms with Crippen LogP contribution >= 0.6 is 0 Å². The maximum Gasteiger partial charge on any atom is 0.418 e. The predicted molar refractivity (Wildman–Crippen MR) is 118 cm³/mol. The van der Waals surface area contributed by atoms with Crippen LogP contribution in [0.1, 0.15) is 40.0 Å². The summed E-state index contributed by atoms with van der Waals surface area (Å²) in [6.45, 7) is 5.50. The molecule has 0 aromatic rings. The number of carbonyl (C=O) groups excluding carboxylic acids is 1. The molecule has 2 N–H and O–H groups in total. The lowest BCUT2D eigenvalue weighted by Gasteiger charge is -2.25. The Morgan fingerprint density at radius 3 is 2.71 bits per heavy atom. The van der Waals surface area contributed by atoms with Gasteiger partial charge in [-0.15, -0.1) is 0 Å². The normalized spacial score (nSPS) is 32.3. The lowest BCUT2D eigenvalue weighted by Crippen LogP contribution is -2.44. The van der Waals surface area contributed by atoms with E-state index in [0.717, 1.165) is 18.6 Å². The number of esters is 1. The topological polar surface area (TPSA) is 119 Å². The highest BCUT2D eigenvalue weighted by atomic mass is 32.2. The number of carbonyl (C=O) groups is 1. The van der Waals surface area contributed by atoms with Crippen LogP contribution in [0.5, 0.6) is 0 Å². The lowest BCUT2D eigenvalue weighted by atomic mass is 9.84. The van der Waals surface area contributed by atoms with Gasteiger partial charge in [-0.05, 0) is 43.8 Å². The van der Waals surface area contributed by atoms with E-state index in [2.05, 4.69) is 19.1 Å². The van der Waals surface area contributed by atoms with E-state index in [4.69, 9.17) is 18.8 Å². The fraction of sp³-hybridized carbons (Fsp3) is 0.609. The molecule has 0 heterocycles. The van der Waals surface area contributed by atoms with E-state index in [9.17, 15) is 27.1 Å². The Morgan fingerprint density at radius 1 is 1.32 bits per heavy atom. The van der Waals surface area contributed by atoms with Crippen molar-refractivity contribution >= 4 is 16.1 Å². The van der Waals surface area contributed by atoms with Crippen LogP contribution < -0.4 is 0 Å². The van der Waals surface area contributed by atoms with Crippen LogP contribution in [0.3, 0.4) is 0 Å². The van der Waals surface area contributed by atoms with Crippen LogP contribution in [-0.2, 0) is 29.1 Å². The summed E-state index contributed by atoms with van der Waals surface area (Å²) >= 11 is 0. The molecule has 8 nitrogen and oxygen atoms in total. The Morgan fingerprint density at radius 2 is 2.03 bits per heavy atom. The van der Waals surface area contributed by atoms with Crippen LogP contribution in [0, 0.1) is 23.2 Å². The quantitative estimate of drug-likeness (QED) is 0.222. The van der Waals surface area contributed by atoms with E-state index in [-0.39, 0.29) is 25.0 Å². The number of allylic oxidation sites excluding steroid dienone is 5. The number of aliphatic hydroxyl groups is 1. The molecule has 0 aliphatic heterocycles. The molecule has 0 fully saturated rings. The average molecular weight is 505 g/mol. The van der Waals surface area contributed by atoms with Crippen molar-refractivity contribution in [3.05, 3.63) is 47.8 Å². The molecule has 11 heteroatoms. The fourth-order valence-corrected chi connectivity index (χ4v) is 4.50. The van der Waals surface area contributed by atoms with Crippen molar-refractivity contribution in [2.75, 3.05) is 6.79 Å². The first-order chi connectivity index (χ1) is 15.7. The molecule has 0 aromatic heterocycles. The largest absolute Gasteiger partial charge is 0.462 e. The van der Waals surface area contributed by atoms with E-state index in [1.807, 2.05) is 13.0 Å². The van der Waals surface area contributed by atoms with Gasteiger partial charge in [0.1, 0.15) is 6.10 Å². The van der Waals surface area contributed by atoms with Crippen molar-refractivity contribution < 1.29 is 45.9 Å². The summed E-state index contributed by atoms with van der Waals surface area (Å²) in [5.74, 6) is 0.465. The Labute approximate surface area is 197 Å². The van der Waals surface area contributed by atoms with E-state index >= 15 is 0 Å². The monoisotopic (exact) mass is 504 g/mol. The second kappa shape index (κ2) is 9.88. The zero-order valence-electron chi connectivity index (χ0n) is 19.2. The first kappa shape index (κ1) is 26.5. The molecule has 6 atom stereocenters. The summed E-state index contributed by atoms with van der Waals surface area (Å²) in [4.78, 5) is 12.8. The van der Waals surface area contributed by atoms with Crippen LogP contribution in [0.4, 0.5) is 8.78 Å². The van der Waals surface area contributed by atoms with Gasteiger partial charge in [0.2, 0.25) is 13.1 Å². The molecule has 0 radical (unpaired) electrons. The summed E-state index contributed by atoms with van der Waals surface area (Å²) in [7, 11) is -5.88. The number of fused-ring (bicyclic) bond motifs is 1. The van der Waals surface area contributed by atoms with Gasteiger partial charge >= 0.3 is 21.3 Å². The summed E-state index contributed by atoms with van der Waals surface area (Å²) in [6.07, 6.45) is 8.17. The molecular formula is C23H30F2O8S. The Kier molecular flexibility index (Phi) is 7.71. The van der Waals surface area contributed by atoms with E-state index in [0.29, 0.717) is 11.5 Å². The number of hydrogen-bond donors (Lipinski definition) is 2. The SMILES string of the molecule is CC1C=CCC=C(OCOC(=O)C2(C)C=CC(OC(O)C(F)(F)S(=O)(=O)O)C3=CC3C2)C(C)C1. The standard InChI is InChI=1S/C23H30F2O8S/c1-14-6-4-5-7-18(15(2)10-14)31-13-32-20(26)22(3)9-8-19(17-11-16(17)12-22)33-21(27)23(24,25)34(28,29)30/h4,6-9,11,14-16,19,21,27H,5,10,12-13H2,1-3H3,(H,28,29,30). The molecular weight excluding hydrogens is 474 g/mol. The van der Waals surface area contributed by atoms with Gasteiger partial charge in [0.25, 0.3) is 0 Å². The van der Waals surface area contributed by atoms with Crippen molar-refractivity contribution in [3.8, 4) is 0 Å². The van der Waals surface area contributed by atoms with Crippen LogP contribution in [0.2, 0.25) is 0 Å². The first-order valence-corrected chi connectivity index (χ1v) is 12.4. The van der Waals surface area contributed by atoms with E-state index in [1.54, 1.807) is 13.0 Å². The van der Waals surface area contributed by atoms with Crippen LogP contribution in [0.25, 0.3) is 0 Å². The minimum atomic E-state index is -5.88. The highest BCUT2D eigenvalue weighted by Gasteiger charge is 2.54. The molecule has 6 unspecified atom stereocenters. The van der Waals surface area contributed by atoms with Crippen molar-refractivity contribution in [2.24, 2.45) is 23.2 Å². The van der Waals surface area contributed by atoms with E-state index < -0.39 is 39.2 Å². The molecule has 3 aliphatic carbocycles. The molecule has 34 heavy (non-hydrogen) atoms. The maximum absolute atomic E-state index is 13.6. The minimum absolute atomic E-state index is 0.162. The summed E-state index contributed by atoms with van der Waals surface area (Å²) in [5, 5.41) is 4.65. The number of halogens is 2.